The van der Waals surface area contributed by atoms with Gasteiger partial charge in [0.25, 0.3) is 5.69 Å². The summed E-state index contributed by atoms with van der Waals surface area (Å²) in [5.41, 5.74) is 0.711. The molecule has 1 aliphatic heterocycles. The minimum absolute atomic E-state index is 0.0557. The average Bonchev–Trinajstić information content (AvgIpc) is 3.26. The summed E-state index contributed by atoms with van der Waals surface area (Å²) in [5.74, 6) is -2.77. The fraction of sp³-hybridized carbons (Fsp3) is 0.360. The number of nitrogens with zero attached hydrogens (tertiary/aromatic N) is 2. The second kappa shape index (κ2) is 11.9. The first-order valence-electron chi connectivity index (χ1n) is 11.3. The molecule has 1 amide bonds. The zero-order valence-electron chi connectivity index (χ0n) is 19.3. The maximum absolute atomic E-state index is 12.5. The summed E-state index contributed by atoms with van der Waals surface area (Å²) in [6.45, 7) is 1.90. The normalized spacial score (nSPS) is 15.1. The highest BCUT2D eigenvalue weighted by Gasteiger charge is 2.36. The monoisotopic (exact) mass is 482 g/mol. The van der Waals surface area contributed by atoms with E-state index in [4.69, 9.17) is 9.47 Å². The second-order valence-corrected chi connectivity index (χ2v) is 8.13. The Kier molecular flexibility index (Phi) is 8.66. The molecule has 184 valence electrons. The van der Waals surface area contributed by atoms with Crippen LogP contribution in [0.4, 0.5) is 11.4 Å². The third-order valence-electron chi connectivity index (χ3n) is 5.58. The van der Waals surface area contributed by atoms with Gasteiger partial charge >= 0.3 is 11.9 Å². The van der Waals surface area contributed by atoms with E-state index in [2.05, 4.69) is 6.92 Å². The van der Waals surface area contributed by atoms with E-state index in [9.17, 15) is 29.3 Å². The highest BCUT2D eigenvalue weighted by molar-refractivity contribution is 6.01. The fourth-order valence-corrected chi connectivity index (χ4v) is 3.62. The van der Waals surface area contributed by atoms with Crippen LogP contribution in [0.1, 0.15) is 53.3 Å². The number of hydrogen-bond acceptors (Lipinski definition) is 8. The van der Waals surface area contributed by atoms with Crippen LogP contribution in [0.15, 0.2) is 48.5 Å². The summed E-state index contributed by atoms with van der Waals surface area (Å²) in [4.78, 5) is 60.9. The number of Topliss-reactive ketones (excluding diaryl/α,β-unsaturated/α-hetero) is 1. The molecule has 10 heteroatoms. The molecule has 1 atom stereocenters. The predicted octanol–water partition coefficient (Wildman–Crippen LogP) is 3.72. The zero-order chi connectivity index (χ0) is 25.4. The van der Waals surface area contributed by atoms with E-state index in [1.54, 1.807) is 24.3 Å². The number of nitro groups is 1. The first-order valence-corrected chi connectivity index (χ1v) is 11.3. The van der Waals surface area contributed by atoms with Crippen molar-refractivity contribution in [2.24, 2.45) is 5.92 Å². The van der Waals surface area contributed by atoms with E-state index in [-0.39, 0.29) is 30.1 Å². The van der Waals surface area contributed by atoms with Crippen LogP contribution in [-0.2, 0) is 19.1 Å². The van der Waals surface area contributed by atoms with Crippen LogP contribution in [0, 0.1) is 16.0 Å². The minimum atomic E-state index is -0.761. The van der Waals surface area contributed by atoms with E-state index in [1.807, 2.05) is 0 Å². The Hall–Kier alpha value is -4.08. The van der Waals surface area contributed by atoms with Crippen LogP contribution in [0.5, 0.6) is 0 Å². The number of amides is 1. The standard InChI is InChI=1S/C25H26N2O8/c1-2-3-4-12-34-24(30)17-8-10-20(11-9-17)26-15-19(14-23(26)29)25(31)35-16-22(28)18-6-5-7-21(13-18)27(32)33/h5-11,13,19H,2-4,12,14-16H2,1H3/t19-/m0/s1. The number of rotatable bonds is 11. The van der Waals surface area contributed by atoms with Gasteiger partial charge in [0.05, 0.1) is 23.0 Å². The van der Waals surface area contributed by atoms with Gasteiger partial charge in [-0.2, -0.15) is 0 Å². The Morgan fingerprint density at radius 3 is 2.49 bits per heavy atom. The molecule has 3 rings (SSSR count). The maximum Gasteiger partial charge on any atom is 0.338 e. The second-order valence-electron chi connectivity index (χ2n) is 8.13. The molecule has 0 aliphatic carbocycles. The molecule has 10 nitrogen and oxygen atoms in total. The lowest BCUT2D eigenvalue weighted by Gasteiger charge is -2.17. The topological polar surface area (TPSA) is 133 Å². The van der Waals surface area contributed by atoms with Crippen molar-refractivity contribution < 1.29 is 33.6 Å². The van der Waals surface area contributed by atoms with Crippen LogP contribution in [0.3, 0.4) is 0 Å². The molecule has 0 N–H and O–H groups in total. The van der Waals surface area contributed by atoms with Gasteiger partial charge < -0.3 is 14.4 Å². The maximum atomic E-state index is 12.5. The molecule has 35 heavy (non-hydrogen) atoms. The third kappa shape index (κ3) is 6.72. The van der Waals surface area contributed by atoms with E-state index in [1.165, 1.54) is 23.1 Å². The smallest absolute Gasteiger partial charge is 0.338 e. The summed E-state index contributed by atoms with van der Waals surface area (Å²) in [5, 5.41) is 10.9. The number of ether oxygens (including phenoxy) is 2. The van der Waals surface area contributed by atoms with E-state index >= 15 is 0 Å². The molecular weight excluding hydrogens is 456 g/mol. The van der Waals surface area contributed by atoms with Crippen molar-refractivity contribution >= 4 is 35.0 Å². The average molecular weight is 482 g/mol. The molecule has 1 fully saturated rings. The number of benzene rings is 2. The lowest BCUT2D eigenvalue weighted by atomic mass is 10.1. The highest BCUT2D eigenvalue weighted by Crippen LogP contribution is 2.26. The lowest BCUT2D eigenvalue weighted by Crippen LogP contribution is -2.27. The Morgan fingerprint density at radius 2 is 1.80 bits per heavy atom. The first-order chi connectivity index (χ1) is 16.8. The Morgan fingerprint density at radius 1 is 1.06 bits per heavy atom. The number of esters is 2. The van der Waals surface area contributed by atoms with Gasteiger partial charge in [0.1, 0.15) is 0 Å². The number of non-ortho nitro benzene ring substituents is 1. The predicted molar refractivity (Wildman–Crippen MR) is 125 cm³/mol. The van der Waals surface area contributed by atoms with Gasteiger partial charge in [-0.1, -0.05) is 31.9 Å². The fourth-order valence-electron chi connectivity index (χ4n) is 3.62. The van der Waals surface area contributed by atoms with Crippen LogP contribution < -0.4 is 4.90 Å². The molecule has 1 aliphatic rings. The van der Waals surface area contributed by atoms with Crippen molar-refractivity contribution in [2.75, 3.05) is 24.7 Å². The quantitative estimate of drug-likeness (QED) is 0.156. The van der Waals surface area contributed by atoms with E-state index in [0.29, 0.717) is 17.9 Å². The molecule has 0 aromatic heterocycles. The number of unbranched alkanes of at least 4 members (excludes halogenated alkanes) is 2. The number of carbonyl (C=O) groups is 4. The van der Waals surface area contributed by atoms with E-state index < -0.39 is 35.2 Å². The Balaban J connectivity index is 1.53. The van der Waals surface area contributed by atoms with Crippen molar-refractivity contribution in [3.05, 3.63) is 69.8 Å². The van der Waals surface area contributed by atoms with Crippen LogP contribution >= 0.6 is 0 Å². The SMILES string of the molecule is CCCCCOC(=O)c1ccc(N2C[C@@H](C(=O)OCC(=O)c3cccc([N+](=O)[O-])c3)CC2=O)cc1. The summed E-state index contributed by atoms with van der Waals surface area (Å²) < 4.78 is 10.3. The molecule has 0 unspecified atom stereocenters. The summed E-state index contributed by atoms with van der Waals surface area (Å²) in [6, 6.07) is 11.5. The zero-order valence-corrected chi connectivity index (χ0v) is 19.3. The van der Waals surface area contributed by atoms with Crippen LogP contribution in [0.25, 0.3) is 0 Å². The van der Waals surface area contributed by atoms with Crippen molar-refractivity contribution in [2.45, 2.75) is 32.6 Å². The summed E-state index contributed by atoms with van der Waals surface area (Å²) in [6.07, 6.45) is 2.73. The van der Waals surface area contributed by atoms with Crippen LogP contribution in [-0.4, -0.2) is 48.3 Å². The lowest BCUT2D eigenvalue weighted by molar-refractivity contribution is -0.384. The Labute approximate surface area is 202 Å². The molecule has 2 aromatic carbocycles. The summed E-state index contributed by atoms with van der Waals surface area (Å²) in [7, 11) is 0. The van der Waals surface area contributed by atoms with Crippen molar-refractivity contribution in [3.63, 3.8) is 0 Å². The van der Waals surface area contributed by atoms with Gasteiger partial charge in [-0.05, 0) is 30.7 Å². The number of hydrogen-bond donors (Lipinski definition) is 0. The molecule has 2 aromatic rings. The van der Waals surface area contributed by atoms with Crippen molar-refractivity contribution in [3.8, 4) is 0 Å². The van der Waals surface area contributed by atoms with Gasteiger partial charge in [0, 0.05) is 36.3 Å². The van der Waals surface area contributed by atoms with Gasteiger partial charge in [-0.3, -0.25) is 24.5 Å². The van der Waals surface area contributed by atoms with Gasteiger partial charge in [-0.25, -0.2) is 4.79 Å². The van der Waals surface area contributed by atoms with E-state index in [0.717, 1.165) is 25.3 Å². The van der Waals surface area contributed by atoms with Gasteiger partial charge in [-0.15, -0.1) is 0 Å². The number of ketones is 1. The molecule has 0 spiro atoms. The molecule has 1 saturated heterocycles. The van der Waals surface area contributed by atoms with Gasteiger partial charge in [0.15, 0.2) is 6.61 Å². The molecule has 0 radical (unpaired) electrons. The third-order valence-corrected chi connectivity index (χ3v) is 5.58. The van der Waals surface area contributed by atoms with Gasteiger partial charge in [0.2, 0.25) is 11.7 Å². The molecule has 0 saturated carbocycles. The number of anilines is 1. The first kappa shape index (κ1) is 25.5. The highest BCUT2D eigenvalue weighted by atomic mass is 16.6. The summed E-state index contributed by atoms with van der Waals surface area (Å²) >= 11 is 0. The van der Waals surface area contributed by atoms with Crippen molar-refractivity contribution in [1.82, 2.24) is 0 Å². The largest absolute Gasteiger partial charge is 0.462 e. The molecular formula is C25H26N2O8. The molecule has 0 bridgehead atoms. The number of nitro benzene ring substituents is 1. The van der Waals surface area contributed by atoms with Crippen molar-refractivity contribution in [1.29, 1.82) is 0 Å². The Bertz CT molecular complexity index is 1110. The molecule has 1 heterocycles. The van der Waals surface area contributed by atoms with Crippen LogP contribution in [0.2, 0.25) is 0 Å². The minimum Gasteiger partial charge on any atom is -0.462 e. The number of carbonyl (C=O) groups excluding carboxylic acids is 4.